The number of Topliss-reactive ketones (excluding diaryl/α,β-unsaturated/α-hetero) is 1. The molecule has 0 fully saturated rings. The van der Waals surface area contributed by atoms with E-state index >= 15 is 0 Å². The van der Waals surface area contributed by atoms with Gasteiger partial charge in [-0.05, 0) is 30.0 Å². The minimum Gasteiger partial charge on any atom is -0.493 e. The summed E-state index contributed by atoms with van der Waals surface area (Å²) in [4.78, 5) is 13.9. The summed E-state index contributed by atoms with van der Waals surface area (Å²) in [6.07, 6.45) is 0.696. The van der Waals surface area contributed by atoms with Crippen molar-refractivity contribution in [2.45, 2.75) is 25.2 Å². The number of aliphatic hydroxyl groups is 1. The number of methoxy groups -OCH3 is 3. The lowest BCUT2D eigenvalue weighted by Gasteiger charge is -2.28. The second-order valence-electron chi connectivity index (χ2n) is 6.41. The second kappa shape index (κ2) is 9.01. The molecule has 0 amide bonds. The van der Waals surface area contributed by atoms with E-state index in [0.29, 0.717) is 29.2 Å². The predicted molar refractivity (Wildman–Crippen MR) is 106 cm³/mol. The van der Waals surface area contributed by atoms with Crippen molar-refractivity contribution in [3.05, 3.63) is 40.1 Å². The van der Waals surface area contributed by atoms with Gasteiger partial charge in [0.1, 0.15) is 0 Å². The van der Waals surface area contributed by atoms with E-state index in [1.54, 1.807) is 23.5 Å². The molecule has 0 radical (unpaired) electrons. The van der Waals surface area contributed by atoms with Crippen molar-refractivity contribution in [2.75, 3.05) is 27.9 Å². The summed E-state index contributed by atoms with van der Waals surface area (Å²) in [5, 5.41) is 19.8. The largest absolute Gasteiger partial charge is 0.493 e. The summed E-state index contributed by atoms with van der Waals surface area (Å²) in [5.74, 6) is 0.718. The molecule has 6 nitrogen and oxygen atoms in total. The van der Waals surface area contributed by atoms with Crippen molar-refractivity contribution in [3.8, 4) is 17.2 Å². The minimum absolute atomic E-state index is 0.0138. The number of hydrogen-bond donors (Lipinski definition) is 2. The average molecular weight is 391 g/mol. The Morgan fingerprint density at radius 1 is 1.19 bits per heavy atom. The van der Waals surface area contributed by atoms with Gasteiger partial charge < -0.3 is 24.7 Å². The molecule has 0 bridgehead atoms. The van der Waals surface area contributed by atoms with Crippen LogP contribution >= 0.6 is 11.3 Å². The van der Waals surface area contributed by atoms with E-state index in [1.807, 2.05) is 24.4 Å². The van der Waals surface area contributed by atoms with Crippen molar-refractivity contribution < 1.29 is 24.1 Å². The Morgan fingerprint density at radius 2 is 1.81 bits per heavy atom. The first kappa shape index (κ1) is 20.9. The van der Waals surface area contributed by atoms with E-state index < -0.39 is 11.2 Å². The molecule has 1 unspecified atom stereocenters. The van der Waals surface area contributed by atoms with Gasteiger partial charge in [0.2, 0.25) is 11.5 Å². The Labute approximate surface area is 163 Å². The highest BCUT2D eigenvalue weighted by Gasteiger charge is 2.31. The van der Waals surface area contributed by atoms with Crippen LogP contribution in [0, 0.1) is 5.41 Å². The highest BCUT2D eigenvalue weighted by Crippen LogP contribution is 2.39. The van der Waals surface area contributed by atoms with Crippen LogP contribution in [-0.2, 0) is 5.41 Å². The zero-order valence-electron chi connectivity index (χ0n) is 16.0. The standard InChI is InChI=1S/C20H25NO5S/c1-20(7-8-22,17-6-5-9-27-17)12-14(21)18(23)13-10-15(24-2)19(26-4)16(11-13)25-3/h5-6,9-11,21-22H,7-8,12H2,1-4H3. The van der Waals surface area contributed by atoms with Crippen LogP contribution in [0.4, 0.5) is 0 Å². The average Bonchev–Trinajstić information content (AvgIpc) is 3.21. The van der Waals surface area contributed by atoms with Crippen LogP contribution < -0.4 is 14.2 Å². The van der Waals surface area contributed by atoms with Gasteiger partial charge in [-0.1, -0.05) is 13.0 Å². The van der Waals surface area contributed by atoms with Gasteiger partial charge in [0.05, 0.1) is 27.0 Å². The molecule has 1 atom stereocenters. The molecule has 0 spiro atoms. The fourth-order valence-corrected chi connectivity index (χ4v) is 3.94. The molecule has 27 heavy (non-hydrogen) atoms. The first-order valence-corrected chi connectivity index (χ1v) is 9.35. The van der Waals surface area contributed by atoms with E-state index in [0.717, 1.165) is 4.88 Å². The number of hydrogen-bond acceptors (Lipinski definition) is 7. The lowest BCUT2D eigenvalue weighted by Crippen LogP contribution is -2.29. The number of ether oxygens (including phenoxy) is 3. The van der Waals surface area contributed by atoms with Crippen LogP contribution in [0.5, 0.6) is 17.2 Å². The summed E-state index contributed by atoms with van der Waals surface area (Å²) < 4.78 is 15.9. The molecule has 0 aliphatic carbocycles. The van der Waals surface area contributed by atoms with Gasteiger partial charge >= 0.3 is 0 Å². The Hall–Kier alpha value is -2.38. The summed E-state index contributed by atoms with van der Waals surface area (Å²) in [6.45, 7) is 1.95. The van der Waals surface area contributed by atoms with Crippen LogP contribution in [0.15, 0.2) is 29.6 Å². The maximum atomic E-state index is 12.9. The third kappa shape index (κ3) is 4.48. The number of rotatable bonds is 10. The molecule has 146 valence electrons. The molecule has 2 aromatic rings. The highest BCUT2D eigenvalue weighted by molar-refractivity contribution is 7.10. The molecule has 0 saturated carbocycles. The van der Waals surface area contributed by atoms with Gasteiger partial charge in [-0.15, -0.1) is 11.3 Å². The Bertz CT molecular complexity index is 778. The first-order chi connectivity index (χ1) is 12.9. The Kier molecular flexibility index (Phi) is 6.98. The fraction of sp³-hybridized carbons (Fsp3) is 0.400. The fourth-order valence-electron chi connectivity index (χ4n) is 3.02. The van der Waals surface area contributed by atoms with Gasteiger partial charge in [-0.25, -0.2) is 0 Å². The molecule has 0 aliphatic heterocycles. The van der Waals surface area contributed by atoms with Crippen LogP contribution in [0.1, 0.15) is 35.0 Å². The first-order valence-electron chi connectivity index (χ1n) is 8.47. The molecule has 0 aliphatic rings. The molecular formula is C20H25NO5S. The topological polar surface area (TPSA) is 88.8 Å². The van der Waals surface area contributed by atoms with Gasteiger partial charge in [0, 0.05) is 28.9 Å². The van der Waals surface area contributed by atoms with Crippen LogP contribution in [0.3, 0.4) is 0 Å². The number of aliphatic hydroxyl groups excluding tert-OH is 1. The van der Waals surface area contributed by atoms with E-state index in [4.69, 9.17) is 19.6 Å². The summed E-state index contributed by atoms with van der Waals surface area (Å²) in [6, 6.07) is 7.00. The molecule has 2 N–H and O–H groups in total. The zero-order chi connectivity index (χ0) is 20.0. The number of benzene rings is 1. The lowest BCUT2D eigenvalue weighted by atomic mass is 9.79. The maximum Gasteiger partial charge on any atom is 0.206 e. The Morgan fingerprint density at radius 3 is 2.26 bits per heavy atom. The van der Waals surface area contributed by atoms with Crippen molar-refractivity contribution >= 4 is 22.8 Å². The summed E-state index contributed by atoms with van der Waals surface area (Å²) >= 11 is 1.56. The SMILES string of the molecule is COc1cc(C(=O)C(=N)CC(C)(CCO)c2cccs2)cc(OC)c1OC. The second-order valence-corrected chi connectivity index (χ2v) is 7.36. The molecule has 1 heterocycles. The van der Waals surface area contributed by atoms with Crippen LogP contribution in [0.25, 0.3) is 0 Å². The molecule has 0 saturated heterocycles. The smallest absolute Gasteiger partial charge is 0.206 e. The van der Waals surface area contributed by atoms with Crippen molar-refractivity contribution in [1.82, 2.24) is 0 Å². The minimum atomic E-state index is -0.476. The van der Waals surface area contributed by atoms with Gasteiger partial charge in [-0.3, -0.25) is 4.79 Å². The van der Waals surface area contributed by atoms with Gasteiger partial charge in [0.25, 0.3) is 0 Å². The van der Waals surface area contributed by atoms with Crippen LogP contribution in [0.2, 0.25) is 0 Å². The number of nitrogens with one attached hydrogen (secondary N) is 1. The molecular weight excluding hydrogens is 366 g/mol. The summed E-state index contributed by atoms with van der Waals surface area (Å²) in [7, 11) is 4.45. The van der Waals surface area contributed by atoms with E-state index in [2.05, 4.69) is 0 Å². The molecule has 2 rings (SSSR count). The zero-order valence-corrected chi connectivity index (χ0v) is 16.8. The van der Waals surface area contributed by atoms with Crippen molar-refractivity contribution in [3.63, 3.8) is 0 Å². The number of carbonyl (C=O) groups excluding carboxylic acids is 1. The normalized spacial score (nSPS) is 12.9. The third-order valence-corrected chi connectivity index (χ3v) is 5.72. The lowest BCUT2D eigenvalue weighted by molar-refractivity contribution is 0.105. The van der Waals surface area contributed by atoms with Crippen molar-refractivity contribution in [1.29, 1.82) is 5.41 Å². The predicted octanol–water partition coefficient (Wildman–Crippen LogP) is 3.71. The molecule has 1 aromatic carbocycles. The van der Waals surface area contributed by atoms with Gasteiger partial charge in [0.15, 0.2) is 11.5 Å². The molecule has 1 aromatic heterocycles. The highest BCUT2D eigenvalue weighted by atomic mass is 32.1. The van der Waals surface area contributed by atoms with E-state index in [9.17, 15) is 9.90 Å². The van der Waals surface area contributed by atoms with E-state index in [-0.39, 0.29) is 18.7 Å². The maximum absolute atomic E-state index is 12.9. The Balaban J connectivity index is 2.32. The van der Waals surface area contributed by atoms with Gasteiger partial charge in [-0.2, -0.15) is 0 Å². The van der Waals surface area contributed by atoms with Crippen molar-refractivity contribution in [2.24, 2.45) is 0 Å². The molecule has 7 heteroatoms. The number of ketones is 1. The number of thiophene rings is 1. The number of carbonyl (C=O) groups is 1. The quantitative estimate of drug-likeness (QED) is 0.476. The third-order valence-electron chi connectivity index (χ3n) is 4.55. The monoisotopic (exact) mass is 391 g/mol. The van der Waals surface area contributed by atoms with Crippen LogP contribution in [-0.4, -0.2) is 44.5 Å². The van der Waals surface area contributed by atoms with E-state index in [1.165, 1.54) is 21.3 Å². The summed E-state index contributed by atoms with van der Waals surface area (Å²) in [5.41, 5.74) is -0.211.